The fourth-order valence-corrected chi connectivity index (χ4v) is 6.92. The molecular weight excluding hydrogens is 704 g/mol. The number of rotatable bonds is 13. The van der Waals surface area contributed by atoms with Gasteiger partial charge in [0.25, 0.3) is 0 Å². The van der Waals surface area contributed by atoms with Gasteiger partial charge in [-0.3, -0.25) is 14.9 Å². The third-order valence-corrected chi connectivity index (χ3v) is 9.62. The van der Waals surface area contributed by atoms with E-state index in [0.29, 0.717) is 0 Å². The van der Waals surface area contributed by atoms with Crippen LogP contribution < -0.4 is 16.9 Å². The van der Waals surface area contributed by atoms with Gasteiger partial charge in [0, 0.05) is 12.3 Å². The van der Waals surface area contributed by atoms with Crippen molar-refractivity contribution < 1.29 is 47.3 Å². The number of benzene rings is 1. The van der Waals surface area contributed by atoms with Gasteiger partial charge in [0.1, 0.15) is 42.8 Å². The molecule has 0 bridgehead atoms. The monoisotopic (exact) mass is 746 g/mol. The molecule has 1 aliphatic carbocycles. The predicted octanol–water partition coefficient (Wildman–Crippen LogP) is 3.62. The molecule has 6 rings (SSSR count). The number of esters is 2. The van der Waals surface area contributed by atoms with Crippen molar-refractivity contribution in [2.75, 3.05) is 11.9 Å². The molecule has 1 amide bonds. The molecule has 2 aliphatic rings. The first-order valence-corrected chi connectivity index (χ1v) is 17.8. The first-order valence-electron chi connectivity index (χ1n) is 17.8. The van der Waals surface area contributed by atoms with Crippen molar-refractivity contribution in [2.45, 2.75) is 101 Å². The van der Waals surface area contributed by atoms with E-state index in [4.69, 9.17) is 33.5 Å². The van der Waals surface area contributed by atoms with Gasteiger partial charge < -0.3 is 38.6 Å². The largest absolute Gasteiger partial charge is 0.519 e. The summed E-state index contributed by atoms with van der Waals surface area (Å²) in [7, 11) is 0. The maximum Gasteiger partial charge on any atom is 0.519 e. The molecule has 1 aromatic carbocycles. The van der Waals surface area contributed by atoms with E-state index < -0.39 is 67.0 Å². The van der Waals surface area contributed by atoms with E-state index in [9.17, 15) is 29.5 Å². The lowest BCUT2D eigenvalue weighted by molar-refractivity contribution is -0.161. The summed E-state index contributed by atoms with van der Waals surface area (Å²) in [5, 5.41) is 29.2. The number of anilines is 1. The smallest absolute Gasteiger partial charge is 0.462 e. The van der Waals surface area contributed by atoms with Gasteiger partial charge >= 0.3 is 23.9 Å². The van der Waals surface area contributed by atoms with Crippen molar-refractivity contribution >= 4 is 29.4 Å². The van der Waals surface area contributed by atoms with E-state index >= 15 is 0 Å². The number of hydrogen-bond acceptors (Lipinski definition) is 15. The number of ether oxygens (including phenoxy) is 4. The van der Waals surface area contributed by atoms with Gasteiger partial charge in [0.2, 0.25) is 5.60 Å². The summed E-state index contributed by atoms with van der Waals surface area (Å²) in [5.41, 5.74) is 4.96. The lowest BCUT2D eigenvalue weighted by atomic mass is 9.87. The van der Waals surface area contributed by atoms with Crippen LogP contribution in [0.1, 0.15) is 81.1 Å². The van der Waals surface area contributed by atoms with Gasteiger partial charge in [-0.05, 0) is 42.9 Å². The zero-order chi connectivity index (χ0) is 38.4. The zero-order valence-corrected chi connectivity index (χ0v) is 29.8. The number of amides is 1. The Labute approximate surface area is 309 Å². The van der Waals surface area contributed by atoms with Gasteiger partial charge in [0.05, 0.1) is 5.69 Å². The fraction of sp³-hybridized carbons (Fsp3) is 0.486. The molecule has 5 atom stereocenters. The highest BCUT2D eigenvalue weighted by Crippen LogP contribution is 2.42. The number of fused-ring (bicyclic) bond motifs is 1. The first-order chi connectivity index (χ1) is 26.0. The van der Waals surface area contributed by atoms with Crippen molar-refractivity contribution in [3.8, 4) is 6.07 Å². The van der Waals surface area contributed by atoms with E-state index in [-0.39, 0.29) is 53.2 Å². The Morgan fingerprint density at radius 2 is 1.87 bits per heavy atom. The van der Waals surface area contributed by atoms with Gasteiger partial charge in [-0.2, -0.15) is 10.4 Å². The van der Waals surface area contributed by atoms with Crippen LogP contribution in [0.15, 0.2) is 62.4 Å². The van der Waals surface area contributed by atoms with Crippen LogP contribution >= 0.6 is 0 Å². The molecule has 0 spiro atoms. The summed E-state index contributed by atoms with van der Waals surface area (Å²) < 4.78 is 34.0. The molecule has 286 valence electrons. The zero-order valence-electron chi connectivity index (χ0n) is 29.8. The molecule has 4 heterocycles. The number of nitrogens with zero attached hydrogens (tertiary/aromatic N) is 4. The number of aliphatic hydroxyl groups excluding tert-OH is 1. The molecule has 0 unspecified atom stereocenters. The van der Waals surface area contributed by atoms with Gasteiger partial charge in [-0.25, -0.2) is 19.1 Å². The van der Waals surface area contributed by atoms with Crippen LogP contribution in [-0.2, 0) is 47.2 Å². The summed E-state index contributed by atoms with van der Waals surface area (Å²) in [6, 6.07) is 13.1. The highest BCUT2D eigenvalue weighted by molar-refractivity contribution is 5.88. The van der Waals surface area contributed by atoms with Crippen molar-refractivity contribution in [2.24, 2.45) is 11.7 Å². The van der Waals surface area contributed by atoms with Crippen LogP contribution in [0.5, 0.6) is 0 Å². The van der Waals surface area contributed by atoms with Crippen LogP contribution in [0.3, 0.4) is 0 Å². The maximum atomic E-state index is 13.2. The number of aromatic nitrogens is 3. The van der Waals surface area contributed by atoms with Crippen LogP contribution in [0, 0.1) is 17.2 Å². The summed E-state index contributed by atoms with van der Waals surface area (Å²) in [6.45, 7) is 2.66. The topological polar surface area (TPSA) is 244 Å². The summed E-state index contributed by atoms with van der Waals surface area (Å²) >= 11 is 0. The van der Waals surface area contributed by atoms with Crippen molar-refractivity contribution in [1.29, 1.82) is 5.26 Å². The minimum Gasteiger partial charge on any atom is -0.462 e. The lowest BCUT2D eigenvalue weighted by Crippen LogP contribution is -2.43. The minimum atomic E-state index is -2.19. The SMILES string of the molecule is CC(C)c1oc(=O)oc1COC(=O)Nc1ncnn2c([C@]3(C#N)O[C@H](COC(=O)[C@@H](N)Cc4ccccc4)[C@@H](OC(=O)CC4CCCCC4)[C@H]3O)ccc12. The molecule has 17 nitrogen and oxygen atoms in total. The predicted molar refractivity (Wildman–Crippen MR) is 186 cm³/mol. The second-order valence-electron chi connectivity index (χ2n) is 13.8. The molecule has 0 radical (unpaired) electrons. The van der Waals surface area contributed by atoms with Gasteiger partial charge in [-0.15, -0.1) is 0 Å². The summed E-state index contributed by atoms with van der Waals surface area (Å²) in [6.07, 6.45) is 0.858. The first kappa shape index (κ1) is 38.2. The number of carbonyl (C=O) groups is 3. The van der Waals surface area contributed by atoms with Gasteiger partial charge in [-0.1, -0.05) is 63.4 Å². The van der Waals surface area contributed by atoms with Crippen molar-refractivity contribution in [1.82, 2.24) is 14.6 Å². The normalized spacial score (nSPS) is 22.1. The summed E-state index contributed by atoms with van der Waals surface area (Å²) in [4.78, 5) is 54.7. The van der Waals surface area contributed by atoms with E-state index in [0.717, 1.165) is 44.0 Å². The molecule has 3 aromatic heterocycles. The Hall–Kier alpha value is -5.57. The molecule has 1 aliphatic heterocycles. The van der Waals surface area contributed by atoms with Crippen LogP contribution in [0.2, 0.25) is 0 Å². The lowest BCUT2D eigenvalue weighted by Gasteiger charge is -2.25. The average molecular weight is 747 g/mol. The van der Waals surface area contributed by atoms with Gasteiger partial charge in [0.15, 0.2) is 30.0 Å². The molecule has 4 aromatic rings. The van der Waals surface area contributed by atoms with E-state index in [2.05, 4.69) is 15.4 Å². The number of nitrogens with two attached hydrogens (primary N) is 1. The van der Waals surface area contributed by atoms with E-state index in [1.54, 1.807) is 13.8 Å². The number of carbonyl (C=O) groups excluding carboxylic acids is 3. The average Bonchev–Trinajstić information content (AvgIpc) is 3.85. The Morgan fingerprint density at radius 1 is 1.11 bits per heavy atom. The highest BCUT2D eigenvalue weighted by Gasteiger charge is 2.60. The van der Waals surface area contributed by atoms with Crippen LogP contribution in [0.25, 0.3) is 5.52 Å². The standard InChI is InChI=1S/C37H42N6O11/c1-21(2)30-26(51-36(48)53-30)17-50-35(47)42-33-25-13-14-28(43(25)41-20-40-33)37(19-38)32(45)31(52-29(44)16-23-11-7-4-8-12-23)27(54-37)18-49-34(46)24(39)15-22-9-5-3-6-10-22/h3,5-6,9-10,13-14,20-21,23-24,27,31-32,45H,4,7-8,11-12,15-18,39H2,1-2H3,(H,40,41,42,47)/t24-,27+,31+,32+,37-/m0/s1. The Morgan fingerprint density at radius 3 is 2.59 bits per heavy atom. The molecule has 1 saturated carbocycles. The third-order valence-electron chi connectivity index (χ3n) is 9.62. The second-order valence-corrected chi connectivity index (χ2v) is 13.8. The molecule has 2 fully saturated rings. The minimum absolute atomic E-state index is 0.0102. The number of nitrogens with one attached hydrogen (secondary N) is 1. The van der Waals surface area contributed by atoms with E-state index in [1.807, 2.05) is 36.4 Å². The Kier molecular flexibility index (Phi) is 11.7. The number of nitriles is 1. The third kappa shape index (κ3) is 8.30. The Bertz CT molecular complexity index is 2050. The van der Waals surface area contributed by atoms with Crippen molar-refractivity contribution in [3.05, 3.63) is 82.2 Å². The fourth-order valence-electron chi connectivity index (χ4n) is 6.92. The second kappa shape index (κ2) is 16.6. The number of aliphatic hydroxyl groups is 1. The number of hydrogen-bond donors (Lipinski definition) is 3. The maximum absolute atomic E-state index is 13.2. The summed E-state index contributed by atoms with van der Waals surface area (Å²) in [5.74, 6) is -2.08. The molecule has 1 saturated heterocycles. The highest BCUT2D eigenvalue weighted by atomic mass is 16.6. The van der Waals surface area contributed by atoms with E-state index in [1.165, 1.54) is 16.6 Å². The quantitative estimate of drug-likeness (QED) is 0.131. The molecule has 54 heavy (non-hydrogen) atoms. The molecule has 4 N–H and O–H groups in total. The molecule has 17 heteroatoms. The molecular formula is C37H42N6O11. The van der Waals surface area contributed by atoms with Crippen molar-refractivity contribution in [3.63, 3.8) is 0 Å². The van der Waals surface area contributed by atoms with Crippen LogP contribution in [0.4, 0.5) is 10.6 Å². The Balaban J connectivity index is 1.22. The van der Waals surface area contributed by atoms with Crippen LogP contribution in [-0.4, -0.2) is 68.7 Å².